The summed E-state index contributed by atoms with van der Waals surface area (Å²) in [6.45, 7) is 7.31. The standard InChI is InChI=1S/C16H22FN3S/c1-4-8-18-14(10-12-6-5-7-13(17)9-12)16-15(11(2)3)19-20-21-16/h5-7,9,11,14,18H,4,8,10H2,1-3H3. The molecule has 0 radical (unpaired) electrons. The van der Waals surface area contributed by atoms with Gasteiger partial charge in [0, 0.05) is 6.04 Å². The summed E-state index contributed by atoms with van der Waals surface area (Å²) in [6, 6.07) is 6.95. The number of halogens is 1. The topological polar surface area (TPSA) is 37.8 Å². The van der Waals surface area contributed by atoms with Crippen molar-refractivity contribution in [1.29, 1.82) is 0 Å². The quantitative estimate of drug-likeness (QED) is 0.837. The summed E-state index contributed by atoms with van der Waals surface area (Å²) < 4.78 is 17.5. The van der Waals surface area contributed by atoms with Crippen molar-refractivity contribution in [3.05, 3.63) is 46.2 Å². The summed E-state index contributed by atoms with van der Waals surface area (Å²) >= 11 is 1.44. The molecule has 1 N–H and O–H groups in total. The van der Waals surface area contributed by atoms with Crippen molar-refractivity contribution < 1.29 is 4.39 Å². The van der Waals surface area contributed by atoms with E-state index in [9.17, 15) is 4.39 Å². The SMILES string of the molecule is CCCNC(Cc1cccc(F)c1)c1snnc1C(C)C. The van der Waals surface area contributed by atoms with Gasteiger partial charge in [-0.2, -0.15) is 0 Å². The third-order valence-electron chi connectivity index (χ3n) is 3.37. The van der Waals surface area contributed by atoms with Gasteiger partial charge in [-0.05, 0) is 54.5 Å². The van der Waals surface area contributed by atoms with Gasteiger partial charge in [-0.3, -0.25) is 0 Å². The molecule has 2 aromatic rings. The summed E-state index contributed by atoms with van der Waals surface area (Å²) in [6.07, 6.45) is 1.81. The Bertz CT molecular complexity index is 568. The molecule has 1 aromatic heterocycles. The largest absolute Gasteiger partial charge is 0.309 e. The van der Waals surface area contributed by atoms with Gasteiger partial charge in [0.2, 0.25) is 0 Å². The van der Waals surface area contributed by atoms with E-state index in [1.54, 1.807) is 12.1 Å². The first kappa shape index (κ1) is 16.0. The van der Waals surface area contributed by atoms with Crippen LogP contribution in [0.25, 0.3) is 0 Å². The molecule has 0 saturated heterocycles. The zero-order chi connectivity index (χ0) is 15.2. The van der Waals surface area contributed by atoms with Crippen LogP contribution in [0.15, 0.2) is 24.3 Å². The highest BCUT2D eigenvalue weighted by Gasteiger charge is 2.21. The van der Waals surface area contributed by atoms with Crippen molar-refractivity contribution in [2.24, 2.45) is 0 Å². The van der Waals surface area contributed by atoms with E-state index in [4.69, 9.17) is 0 Å². The fourth-order valence-corrected chi connectivity index (χ4v) is 3.20. The van der Waals surface area contributed by atoms with Gasteiger partial charge in [0.15, 0.2) is 0 Å². The Hall–Kier alpha value is -1.33. The van der Waals surface area contributed by atoms with Crippen LogP contribution in [0.1, 0.15) is 55.3 Å². The predicted molar refractivity (Wildman–Crippen MR) is 85.1 cm³/mol. The van der Waals surface area contributed by atoms with Crippen LogP contribution >= 0.6 is 11.5 Å². The highest BCUT2D eigenvalue weighted by molar-refractivity contribution is 7.05. The van der Waals surface area contributed by atoms with Gasteiger partial charge in [0.05, 0.1) is 10.6 Å². The van der Waals surface area contributed by atoms with Crippen LogP contribution in [-0.2, 0) is 6.42 Å². The molecular formula is C16H22FN3S. The molecule has 0 saturated carbocycles. The van der Waals surface area contributed by atoms with Gasteiger partial charge in [-0.1, -0.05) is 37.4 Å². The summed E-state index contributed by atoms with van der Waals surface area (Å²) in [7, 11) is 0. The normalized spacial score (nSPS) is 12.8. The molecule has 21 heavy (non-hydrogen) atoms. The van der Waals surface area contributed by atoms with Gasteiger partial charge >= 0.3 is 0 Å². The van der Waals surface area contributed by atoms with Gasteiger partial charge in [-0.15, -0.1) is 5.10 Å². The van der Waals surface area contributed by atoms with Gasteiger partial charge in [0.1, 0.15) is 5.82 Å². The van der Waals surface area contributed by atoms with Crippen molar-refractivity contribution in [1.82, 2.24) is 14.9 Å². The van der Waals surface area contributed by atoms with Crippen LogP contribution in [0, 0.1) is 5.82 Å². The number of nitrogens with one attached hydrogen (secondary N) is 1. The third kappa shape index (κ3) is 4.32. The van der Waals surface area contributed by atoms with Crippen molar-refractivity contribution >= 4 is 11.5 Å². The van der Waals surface area contributed by atoms with E-state index in [0.717, 1.165) is 30.6 Å². The summed E-state index contributed by atoms with van der Waals surface area (Å²) in [5.74, 6) is 0.158. The molecule has 3 nitrogen and oxygen atoms in total. The summed E-state index contributed by atoms with van der Waals surface area (Å²) in [4.78, 5) is 1.17. The Kier molecular flexibility index (Phi) is 5.82. The predicted octanol–water partition coefficient (Wildman–Crippen LogP) is 4.08. The Morgan fingerprint density at radius 1 is 1.33 bits per heavy atom. The number of aromatic nitrogens is 2. The smallest absolute Gasteiger partial charge is 0.123 e. The highest BCUT2D eigenvalue weighted by Crippen LogP contribution is 2.28. The Morgan fingerprint density at radius 2 is 2.14 bits per heavy atom. The second kappa shape index (κ2) is 7.61. The molecule has 2 rings (SSSR count). The zero-order valence-corrected chi connectivity index (χ0v) is 13.6. The van der Waals surface area contributed by atoms with Crippen molar-refractivity contribution in [3.63, 3.8) is 0 Å². The van der Waals surface area contributed by atoms with E-state index in [2.05, 4.69) is 35.7 Å². The molecule has 0 spiro atoms. The lowest BCUT2D eigenvalue weighted by Crippen LogP contribution is -2.24. The molecule has 1 unspecified atom stereocenters. The first-order valence-corrected chi connectivity index (χ1v) is 8.19. The minimum Gasteiger partial charge on any atom is -0.309 e. The van der Waals surface area contributed by atoms with Crippen LogP contribution in [0.3, 0.4) is 0 Å². The molecule has 0 fully saturated rings. The monoisotopic (exact) mass is 307 g/mol. The second-order valence-electron chi connectivity index (χ2n) is 5.52. The number of nitrogens with zero attached hydrogens (tertiary/aromatic N) is 2. The summed E-state index contributed by atoms with van der Waals surface area (Å²) in [5.41, 5.74) is 2.04. The first-order valence-electron chi connectivity index (χ1n) is 7.41. The van der Waals surface area contributed by atoms with Crippen molar-refractivity contribution in [2.45, 2.75) is 45.6 Å². The van der Waals surface area contributed by atoms with Crippen LogP contribution in [-0.4, -0.2) is 16.1 Å². The first-order chi connectivity index (χ1) is 10.1. The number of hydrogen-bond acceptors (Lipinski definition) is 4. The van der Waals surface area contributed by atoms with Crippen molar-refractivity contribution in [2.75, 3.05) is 6.54 Å². The molecule has 0 amide bonds. The highest BCUT2D eigenvalue weighted by atomic mass is 32.1. The average Bonchev–Trinajstić information content (AvgIpc) is 2.93. The molecule has 0 aliphatic rings. The van der Waals surface area contributed by atoms with E-state index in [1.165, 1.54) is 22.5 Å². The number of rotatable bonds is 7. The van der Waals surface area contributed by atoms with Crippen LogP contribution in [0.2, 0.25) is 0 Å². The number of hydrogen-bond donors (Lipinski definition) is 1. The van der Waals surface area contributed by atoms with Gasteiger partial charge < -0.3 is 5.32 Å². The summed E-state index contributed by atoms with van der Waals surface area (Å²) in [5, 5.41) is 7.80. The lowest BCUT2D eigenvalue weighted by Gasteiger charge is -2.19. The average molecular weight is 307 g/mol. The van der Waals surface area contributed by atoms with Crippen LogP contribution in [0.4, 0.5) is 4.39 Å². The Labute approximate surface area is 129 Å². The van der Waals surface area contributed by atoms with E-state index >= 15 is 0 Å². The van der Waals surface area contributed by atoms with Crippen LogP contribution < -0.4 is 5.32 Å². The second-order valence-corrected chi connectivity index (χ2v) is 6.30. The molecule has 1 atom stereocenters. The molecule has 1 aromatic carbocycles. The fraction of sp³-hybridized carbons (Fsp3) is 0.500. The van der Waals surface area contributed by atoms with Crippen molar-refractivity contribution in [3.8, 4) is 0 Å². The molecule has 0 bridgehead atoms. The number of benzene rings is 1. The Morgan fingerprint density at radius 3 is 2.81 bits per heavy atom. The zero-order valence-electron chi connectivity index (χ0n) is 12.8. The van der Waals surface area contributed by atoms with E-state index < -0.39 is 0 Å². The van der Waals surface area contributed by atoms with Gasteiger partial charge in [-0.25, -0.2) is 4.39 Å². The molecular weight excluding hydrogens is 285 g/mol. The minimum absolute atomic E-state index is 0.143. The molecule has 0 aliphatic heterocycles. The maximum Gasteiger partial charge on any atom is 0.123 e. The maximum atomic E-state index is 13.4. The van der Waals surface area contributed by atoms with E-state index in [-0.39, 0.29) is 11.9 Å². The lowest BCUT2D eigenvalue weighted by molar-refractivity contribution is 0.527. The molecule has 114 valence electrons. The third-order valence-corrected chi connectivity index (χ3v) is 4.23. The fourth-order valence-electron chi connectivity index (χ4n) is 2.32. The Balaban J connectivity index is 2.23. The minimum atomic E-state index is -0.187. The van der Waals surface area contributed by atoms with E-state index in [1.807, 2.05) is 6.07 Å². The lowest BCUT2D eigenvalue weighted by atomic mass is 10.00. The molecule has 1 heterocycles. The maximum absolute atomic E-state index is 13.4. The van der Waals surface area contributed by atoms with E-state index in [0.29, 0.717) is 5.92 Å². The van der Waals surface area contributed by atoms with Gasteiger partial charge in [0.25, 0.3) is 0 Å². The molecule has 0 aliphatic carbocycles. The molecule has 5 heteroatoms. The van der Waals surface area contributed by atoms with Crippen LogP contribution in [0.5, 0.6) is 0 Å².